The zero-order chi connectivity index (χ0) is 25.0. The molecule has 0 aliphatic carbocycles. The highest BCUT2D eigenvalue weighted by molar-refractivity contribution is 5.92. The summed E-state index contributed by atoms with van der Waals surface area (Å²) in [6.45, 7) is 6.02. The number of ether oxygens (including phenoxy) is 2. The van der Waals surface area contributed by atoms with E-state index < -0.39 is 0 Å². The van der Waals surface area contributed by atoms with Gasteiger partial charge in [-0.25, -0.2) is 0 Å². The molecule has 0 bridgehead atoms. The van der Waals surface area contributed by atoms with Crippen LogP contribution in [0.15, 0.2) is 60.7 Å². The summed E-state index contributed by atoms with van der Waals surface area (Å²) in [6.07, 6.45) is 4.22. The molecule has 0 saturated carbocycles. The van der Waals surface area contributed by atoms with Gasteiger partial charge >= 0.3 is 0 Å². The highest BCUT2D eigenvalue weighted by Crippen LogP contribution is 2.39. The second-order valence-electron chi connectivity index (χ2n) is 10.2. The van der Waals surface area contributed by atoms with Crippen LogP contribution in [0.3, 0.4) is 0 Å². The van der Waals surface area contributed by atoms with Crippen LogP contribution in [0.4, 0.5) is 0 Å². The van der Waals surface area contributed by atoms with Crippen molar-refractivity contribution in [1.82, 2.24) is 20.0 Å². The topological polar surface area (TPSA) is 68.6 Å². The second-order valence-corrected chi connectivity index (χ2v) is 10.2. The van der Waals surface area contributed by atoms with Crippen LogP contribution in [0, 0.1) is 6.92 Å². The van der Waals surface area contributed by atoms with Gasteiger partial charge in [0, 0.05) is 33.2 Å². The molecular weight excluding hydrogens is 452 g/mol. The van der Waals surface area contributed by atoms with Gasteiger partial charge in [-0.3, -0.25) is 14.4 Å². The Bertz CT molecular complexity index is 1150. The number of carbonyl (C=O) groups excluding carboxylic acids is 1. The molecule has 3 heterocycles. The molecule has 7 nitrogen and oxygen atoms in total. The van der Waals surface area contributed by atoms with Crippen molar-refractivity contribution in [1.29, 1.82) is 0 Å². The van der Waals surface area contributed by atoms with E-state index >= 15 is 0 Å². The van der Waals surface area contributed by atoms with E-state index in [1.54, 1.807) is 11.7 Å². The predicted molar refractivity (Wildman–Crippen MR) is 139 cm³/mol. The van der Waals surface area contributed by atoms with Crippen LogP contribution in [0.25, 0.3) is 0 Å². The second kappa shape index (κ2) is 10.8. The Morgan fingerprint density at radius 3 is 2.53 bits per heavy atom. The van der Waals surface area contributed by atoms with Crippen molar-refractivity contribution < 1.29 is 14.3 Å². The molecule has 1 spiro atoms. The quantitative estimate of drug-likeness (QED) is 0.513. The lowest BCUT2D eigenvalue weighted by Gasteiger charge is -2.39. The Hall–Kier alpha value is -3.16. The van der Waals surface area contributed by atoms with E-state index in [0.29, 0.717) is 18.8 Å². The summed E-state index contributed by atoms with van der Waals surface area (Å²) in [5, 5.41) is 7.29. The smallest absolute Gasteiger partial charge is 0.269 e. The molecule has 2 aliphatic heterocycles. The molecule has 0 unspecified atom stereocenters. The molecule has 1 aromatic heterocycles. The normalized spacial score (nSPS) is 19.4. The van der Waals surface area contributed by atoms with Crippen molar-refractivity contribution in [3.63, 3.8) is 0 Å². The van der Waals surface area contributed by atoms with E-state index in [0.717, 1.165) is 56.8 Å². The monoisotopic (exact) mass is 488 g/mol. The third-order valence-corrected chi connectivity index (χ3v) is 7.41. The number of carbonyl (C=O) groups is 1. The lowest BCUT2D eigenvalue weighted by Crippen LogP contribution is -2.44. The van der Waals surface area contributed by atoms with Crippen molar-refractivity contribution in [2.45, 2.75) is 57.5 Å². The van der Waals surface area contributed by atoms with Crippen molar-refractivity contribution in [2.24, 2.45) is 7.05 Å². The molecule has 1 amide bonds. The molecule has 0 radical (unpaired) electrons. The largest absolute Gasteiger partial charge is 0.489 e. The van der Waals surface area contributed by atoms with Crippen molar-refractivity contribution in [3.8, 4) is 5.75 Å². The minimum absolute atomic E-state index is 0.0376. The molecule has 2 aliphatic rings. The minimum atomic E-state index is -0.0889. The number of hydrogen-bond acceptors (Lipinski definition) is 5. The minimum Gasteiger partial charge on any atom is -0.489 e. The summed E-state index contributed by atoms with van der Waals surface area (Å²) >= 11 is 0. The molecule has 1 N–H and O–H groups in total. The standard InChI is InChI=1S/C29H36N4O3/c1-22-18-27(32(2)31-22)28(34)30-19-26-12-13-29(36-26)14-16-33(17-15-29)20-23-8-10-25(11-9-23)35-21-24-6-4-3-5-7-24/h3-11,18,26H,12-17,19-21H2,1-2H3,(H,30,34)/t26-/m1/s1. The number of aryl methyl sites for hydroxylation is 2. The Labute approximate surface area is 213 Å². The first-order chi connectivity index (χ1) is 17.5. The first-order valence-corrected chi connectivity index (χ1v) is 12.9. The molecule has 2 saturated heterocycles. The van der Waals surface area contributed by atoms with Crippen LogP contribution in [0.2, 0.25) is 0 Å². The van der Waals surface area contributed by atoms with Crippen LogP contribution in [-0.2, 0) is 24.9 Å². The number of aromatic nitrogens is 2. The molecular formula is C29H36N4O3. The molecule has 3 aromatic rings. The number of rotatable bonds is 8. The SMILES string of the molecule is Cc1cc(C(=O)NC[C@H]2CCC3(CCN(Cc4ccc(OCc5ccccc5)cc4)CC3)O2)n(C)n1. The molecule has 1 atom stereocenters. The molecule has 2 fully saturated rings. The molecule has 2 aromatic carbocycles. The summed E-state index contributed by atoms with van der Waals surface area (Å²) < 4.78 is 14.1. The Kier molecular flexibility index (Phi) is 7.39. The third kappa shape index (κ3) is 5.97. The Morgan fingerprint density at radius 2 is 1.83 bits per heavy atom. The fraction of sp³-hybridized carbons (Fsp3) is 0.448. The number of nitrogens with one attached hydrogen (secondary N) is 1. The maximum absolute atomic E-state index is 12.5. The predicted octanol–water partition coefficient (Wildman–Crippen LogP) is 4.25. The van der Waals surface area contributed by atoms with E-state index in [4.69, 9.17) is 9.47 Å². The van der Waals surface area contributed by atoms with Crippen LogP contribution in [0.1, 0.15) is 53.0 Å². The van der Waals surface area contributed by atoms with Crippen molar-refractivity contribution >= 4 is 5.91 Å². The van der Waals surface area contributed by atoms with Gasteiger partial charge in [-0.15, -0.1) is 0 Å². The van der Waals surface area contributed by atoms with E-state index in [2.05, 4.69) is 51.7 Å². The Morgan fingerprint density at radius 1 is 1.08 bits per heavy atom. The van der Waals surface area contributed by atoms with Crippen molar-refractivity contribution in [3.05, 3.63) is 83.2 Å². The number of nitrogens with zero attached hydrogens (tertiary/aromatic N) is 3. The number of piperidine rings is 1. The maximum Gasteiger partial charge on any atom is 0.269 e. The number of benzene rings is 2. The van der Waals surface area contributed by atoms with E-state index in [1.165, 1.54) is 11.1 Å². The van der Waals surface area contributed by atoms with Gasteiger partial charge in [-0.1, -0.05) is 42.5 Å². The van der Waals surface area contributed by atoms with E-state index in [-0.39, 0.29) is 17.6 Å². The number of amides is 1. The highest BCUT2D eigenvalue weighted by atomic mass is 16.5. The fourth-order valence-electron chi connectivity index (χ4n) is 5.34. The summed E-state index contributed by atoms with van der Waals surface area (Å²) in [6, 6.07) is 20.5. The number of hydrogen-bond donors (Lipinski definition) is 1. The van der Waals surface area contributed by atoms with Gasteiger partial charge < -0.3 is 14.8 Å². The van der Waals surface area contributed by atoms with Crippen molar-refractivity contribution in [2.75, 3.05) is 19.6 Å². The van der Waals surface area contributed by atoms with E-state index in [9.17, 15) is 4.79 Å². The fourth-order valence-corrected chi connectivity index (χ4v) is 5.34. The molecule has 7 heteroatoms. The Balaban J connectivity index is 1.04. The lowest BCUT2D eigenvalue weighted by atomic mass is 9.88. The van der Waals surface area contributed by atoms with Gasteiger partial charge in [0.1, 0.15) is 18.1 Å². The molecule has 190 valence electrons. The zero-order valence-electron chi connectivity index (χ0n) is 21.3. The number of likely N-dealkylation sites (tertiary alicyclic amines) is 1. The van der Waals surface area contributed by atoms with Crippen LogP contribution >= 0.6 is 0 Å². The van der Waals surface area contributed by atoms with Gasteiger partial charge in [0.05, 0.1) is 17.4 Å². The van der Waals surface area contributed by atoms with Crippen LogP contribution < -0.4 is 10.1 Å². The van der Waals surface area contributed by atoms with Gasteiger partial charge in [0.25, 0.3) is 5.91 Å². The summed E-state index contributed by atoms with van der Waals surface area (Å²) in [7, 11) is 1.80. The summed E-state index contributed by atoms with van der Waals surface area (Å²) in [5.74, 6) is 0.810. The van der Waals surface area contributed by atoms with Crippen LogP contribution in [-0.4, -0.2) is 51.9 Å². The van der Waals surface area contributed by atoms with Gasteiger partial charge in [-0.05, 0) is 61.9 Å². The summed E-state index contributed by atoms with van der Waals surface area (Å²) in [4.78, 5) is 15.0. The van der Waals surface area contributed by atoms with E-state index in [1.807, 2.05) is 31.2 Å². The summed E-state index contributed by atoms with van der Waals surface area (Å²) in [5.41, 5.74) is 3.87. The van der Waals surface area contributed by atoms with Crippen LogP contribution in [0.5, 0.6) is 5.75 Å². The first-order valence-electron chi connectivity index (χ1n) is 12.9. The third-order valence-electron chi connectivity index (χ3n) is 7.41. The zero-order valence-corrected chi connectivity index (χ0v) is 21.3. The molecule has 36 heavy (non-hydrogen) atoms. The average molecular weight is 489 g/mol. The van der Waals surface area contributed by atoms with Gasteiger partial charge in [0.15, 0.2) is 0 Å². The maximum atomic E-state index is 12.5. The first kappa shape index (κ1) is 24.5. The van der Waals surface area contributed by atoms with Gasteiger partial charge in [0.2, 0.25) is 0 Å². The molecule has 5 rings (SSSR count). The average Bonchev–Trinajstić information content (AvgIpc) is 3.46. The highest BCUT2D eigenvalue weighted by Gasteiger charge is 2.42. The van der Waals surface area contributed by atoms with Gasteiger partial charge in [-0.2, -0.15) is 5.10 Å². The lowest BCUT2D eigenvalue weighted by molar-refractivity contribution is -0.0764.